The van der Waals surface area contributed by atoms with Gasteiger partial charge in [0.2, 0.25) is 0 Å². The van der Waals surface area contributed by atoms with Crippen molar-refractivity contribution in [1.29, 1.82) is 5.26 Å². The van der Waals surface area contributed by atoms with Gasteiger partial charge in [-0.1, -0.05) is 6.92 Å². The molecule has 1 aliphatic rings. The minimum absolute atomic E-state index is 0.219. The Hall–Kier alpha value is -0.200. The average Bonchev–Trinajstić information content (AvgIpc) is 2.06. The summed E-state index contributed by atoms with van der Waals surface area (Å²) in [6.07, 6.45) is 0.913. The van der Waals surface area contributed by atoms with Crippen LogP contribution < -0.4 is 5.32 Å². The standard InChI is InChI=1S/C7H12N2S/c1-2-7(5-8)6-10-4-3-9-7/h9H,2-4,6H2,1H3. The number of hydrogen-bond donors (Lipinski definition) is 1. The lowest BCUT2D eigenvalue weighted by Crippen LogP contribution is -2.49. The Balaban J connectivity index is 2.55. The lowest BCUT2D eigenvalue weighted by atomic mass is 10.0. The minimum atomic E-state index is -0.219. The number of hydrogen-bond acceptors (Lipinski definition) is 3. The summed E-state index contributed by atoms with van der Waals surface area (Å²) < 4.78 is 0. The van der Waals surface area contributed by atoms with E-state index >= 15 is 0 Å². The van der Waals surface area contributed by atoms with Crippen molar-refractivity contribution in [3.8, 4) is 6.07 Å². The quantitative estimate of drug-likeness (QED) is 0.615. The molecule has 0 aromatic heterocycles. The molecular weight excluding hydrogens is 144 g/mol. The van der Waals surface area contributed by atoms with Gasteiger partial charge in [0.15, 0.2) is 0 Å². The summed E-state index contributed by atoms with van der Waals surface area (Å²) >= 11 is 1.87. The first kappa shape index (κ1) is 7.90. The molecule has 1 heterocycles. The number of rotatable bonds is 1. The second kappa shape index (κ2) is 3.27. The average molecular weight is 156 g/mol. The van der Waals surface area contributed by atoms with Crippen molar-refractivity contribution in [2.24, 2.45) is 0 Å². The van der Waals surface area contributed by atoms with Crippen LogP contribution in [0.4, 0.5) is 0 Å². The summed E-state index contributed by atoms with van der Waals surface area (Å²) in [6.45, 7) is 3.04. The van der Waals surface area contributed by atoms with Crippen molar-refractivity contribution < 1.29 is 0 Å². The first-order chi connectivity index (χ1) is 4.83. The van der Waals surface area contributed by atoms with E-state index in [-0.39, 0.29) is 5.54 Å². The molecule has 1 rings (SSSR count). The molecule has 0 aromatic carbocycles. The van der Waals surface area contributed by atoms with E-state index in [4.69, 9.17) is 5.26 Å². The van der Waals surface area contributed by atoms with E-state index in [1.54, 1.807) is 0 Å². The maximum Gasteiger partial charge on any atom is 0.115 e. The molecule has 0 aromatic rings. The highest BCUT2D eigenvalue weighted by Crippen LogP contribution is 2.20. The number of nitriles is 1. The van der Waals surface area contributed by atoms with Crippen LogP contribution in [-0.4, -0.2) is 23.6 Å². The Morgan fingerprint density at radius 1 is 1.80 bits per heavy atom. The van der Waals surface area contributed by atoms with Gasteiger partial charge >= 0.3 is 0 Å². The SMILES string of the molecule is CCC1(C#N)CSCCN1. The molecule has 0 saturated carbocycles. The molecule has 1 atom stereocenters. The van der Waals surface area contributed by atoms with Crippen molar-refractivity contribution in [3.63, 3.8) is 0 Å². The molecule has 1 N–H and O–H groups in total. The van der Waals surface area contributed by atoms with Gasteiger partial charge in [0.1, 0.15) is 5.54 Å². The minimum Gasteiger partial charge on any atom is -0.298 e. The number of nitrogens with one attached hydrogen (secondary N) is 1. The fourth-order valence-corrected chi connectivity index (χ4v) is 2.15. The zero-order chi connectivity index (χ0) is 7.45. The van der Waals surface area contributed by atoms with E-state index in [0.717, 1.165) is 24.5 Å². The highest BCUT2D eigenvalue weighted by molar-refractivity contribution is 7.99. The van der Waals surface area contributed by atoms with E-state index in [1.165, 1.54) is 0 Å². The zero-order valence-electron chi connectivity index (χ0n) is 6.18. The summed E-state index contributed by atoms with van der Waals surface area (Å²) in [5, 5.41) is 12.1. The summed E-state index contributed by atoms with van der Waals surface area (Å²) in [7, 11) is 0. The fourth-order valence-electron chi connectivity index (χ4n) is 1.04. The molecule has 1 saturated heterocycles. The first-order valence-corrected chi connectivity index (χ1v) is 4.72. The van der Waals surface area contributed by atoms with Gasteiger partial charge in [-0.2, -0.15) is 17.0 Å². The molecule has 0 amide bonds. The highest BCUT2D eigenvalue weighted by atomic mass is 32.2. The third-order valence-electron chi connectivity index (χ3n) is 1.88. The van der Waals surface area contributed by atoms with E-state index in [2.05, 4.69) is 18.3 Å². The van der Waals surface area contributed by atoms with Crippen LogP contribution in [0.2, 0.25) is 0 Å². The Morgan fingerprint density at radius 2 is 2.60 bits per heavy atom. The topological polar surface area (TPSA) is 35.8 Å². The second-order valence-corrected chi connectivity index (χ2v) is 3.63. The first-order valence-electron chi connectivity index (χ1n) is 3.57. The summed E-state index contributed by atoms with van der Waals surface area (Å²) in [4.78, 5) is 0. The normalized spacial score (nSPS) is 33.2. The van der Waals surface area contributed by atoms with Crippen LogP contribution >= 0.6 is 11.8 Å². The monoisotopic (exact) mass is 156 g/mol. The number of nitrogens with zero attached hydrogens (tertiary/aromatic N) is 1. The van der Waals surface area contributed by atoms with Gasteiger partial charge in [-0.3, -0.25) is 5.32 Å². The maximum absolute atomic E-state index is 8.82. The van der Waals surface area contributed by atoms with E-state index in [9.17, 15) is 0 Å². The molecule has 10 heavy (non-hydrogen) atoms. The fraction of sp³-hybridized carbons (Fsp3) is 0.857. The third kappa shape index (κ3) is 1.44. The molecule has 0 bridgehead atoms. The van der Waals surface area contributed by atoms with Gasteiger partial charge in [0.25, 0.3) is 0 Å². The summed E-state index contributed by atoms with van der Waals surface area (Å²) in [5.74, 6) is 2.09. The van der Waals surface area contributed by atoms with Crippen LogP contribution in [0.3, 0.4) is 0 Å². The summed E-state index contributed by atoms with van der Waals surface area (Å²) in [6, 6.07) is 2.34. The van der Waals surface area contributed by atoms with Crippen molar-refractivity contribution in [2.75, 3.05) is 18.1 Å². The van der Waals surface area contributed by atoms with Gasteiger partial charge < -0.3 is 0 Å². The lowest BCUT2D eigenvalue weighted by Gasteiger charge is -2.30. The molecule has 56 valence electrons. The van der Waals surface area contributed by atoms with E-state index in [1.807, 2.05) is 11.8 Å². The smallest absolute Gasteiger partial charge is 0.115 e. The predicted octanol–water partition coefficient (Wildman–Crippen LogP) is 0.995. The van der Waals surface area contributed by atoms with Crippen LogP contribution in [-0.2, 0) is 0 Å². The highest BCUT2D eigenvalue weighted by Gasteiger charge is 2.29. The van der Waals surface area contributed by atoms with Crippen LogP contribution in [0, 0.1) is 11.3 Å². The molecule has 1 aliphatic heterocycles. The molecule has 2 nitrogen and oxygen atoms in total. The maximum atomic E-state index is 8.82. The van der Waals surface area contributed by atoms with Gasteiger partial charge in [0.05, 0.1) is 6.07 Å². The molecular formula is C7H12N2S. The number of thioether (sulfide) groups is 1. The van der Waals surface area contributed by atoms with Crippen LogP contribution in [0.1, 0.15) is 13.3 Å². The van der Waals surface area contributed by atoms with Crippen molar-refractivity contribution in [3.05, 3.63) is 0 Å². The van der Waals surface area contributed by atoms with Gasteiger partial charge in [-0.25, -0.2) is 0 Å². The van der Waals surface area contributed by atoms with Gasteiger partial charge in [0, 0.05) is 18.1 Å². The van der Waals surface area contributed by atoms with Crippen molar-refractivity contribution >= 4 is 11.8 Å². The van der Waals surface area contributed by atoms with E-state index < -0.39 is 0 Å². The Morgan fingerprint density at radius 3 is 2.90 bits per heavy atom. The summed E-state index contributed by atoms with van der Waals surface area (Å²) in [5.41, 5.74) is -0.219. The molecule has 0 spiro atoms. The molecule has 0 radical (unpaired) electrons. The molecule has 0 aliphatic carbocycles. The Bertz CT molecular complexity index is 144. The third-order valence-corrected chi connectivity index (χ3v) is 3.07. The Labute approximate surface area is 66.0 Å². The second-order valence-electron chi connectivity index (χ2n) is 2.53. The lowest BCUT2D eigenvalue weighted by molar-refractivity contribution is 0.447. The molecule has 1 unspecified atom stereocenters. The van der Waals surface area contributed by atoms with Gasteiger partial charge in [-0.15, -0.1) is 0 Å². The van der Waals surface area contributed by atoms with E-state index in [0.29, 0.717) is 0 Å². The largest absolute Gasteiger partial charge is 0.298 e. The van der Waals surface area contributed by atoms with Crippen LogP contribution in [0.15, 0.2) is 0 Å². The predicted molar refractivity (Wildman–Crippen MR) is 44.0 cm³/mol. The Kier molecular flexibility index (Phi) is 2.58. The van der Waals surface area contributed by atoms with Crippen LogP contribution in [0.25, 0.3) is 0 Å². The molecule has 3 heteroatoms. The van der Waals surface area contributed by atoms with Crippen molar-refractivity contribution in [2.45, 2.75) is 18.9 Å². The van der Waals surface area contributed by atoms with Gasteiger partial charge in [-0.05, 0) is 6.42 Å². The molecule has 1 fully saturated rings. The van der Waals surface area contributed by atoms with Crippen molar-refractivity contribution in [1.82, 2.24) is 5.32 Å². The van der Waals surface area contributed by atoms with Crippen LogP contribution in [0.5, 0.6) is 0 Å². The zero-order valence-corrected chi connectivity index (χ0v) is 7.00.